The smallest absolute Gasteiger partial charge is 0.122 e. The number of nitrogens with zero attached hydrogens (tertiary/aromatic N) is 1. The van der Waals surface area contributed by atoms with E-state index in [1.807, 2.05) is 24.3 Å². The second-order valence-electron chi connectivity index (χ2n) is 4.63. The Kier molecular flexibility index (Phi) is 6.97. The van der Waals surface area contributed by atoms with Gasteiger partial charge in [-0.15, -0.1) is 0 Å². The molecular formula is C15H25N3O. The molecule has 0 aliphatic rings. The molecule has 1 aromatic carbocycles. The highest BCUT2D eigenvalue weighted by Gasteiger charge is 2.03. The van der Waals surface area contributed by atoms with Gasteiger partial charge in [-0.2, -0.15) is 0 Å². The highest BCUT2D eigenvalue weighted by Crippen LogP contribution is 2.11. The molecule has 3 N–H and O–H groups in total. The lowest BCUT2D eigenvalue weighted by atomic mass is 10.2. The second kappa shape index (κ2) is 8.53. The van der Waals surface area contributed by atoms with Gasteiger partial charge in [-0.1, -0.05) is 13.8 Å². The van der Waals surface area contributed by atoms with E-state index in [4.69, 9.17) is 15.9 Å². The zero-order valence-corrected chi connectivity index (χ0v) is 12.0. The fourth-order valence-electron chi connectivity index (χ4n) is 1.99. The molecule has 0 saturated heterocycles. The van der Waals surface area contributed by atoms with Crippen LogP contribution in [0, 0.1) is 5.41 Å². The van der Waals surface area contributed by atoms with Crippen molar-refractivity contribution < 1.29 is 4.74 Å². The third-order valence-electron chi connectivity index (χ3n) is 2.92. The molecule has 0 radical (unpaired) electrons. The molecule has 0 saturated carbocycles. The molecule has 0 spiro atoms. The molecule has 0 bridgehead atoms. The summed E-state index contributed by atoms with van der Waals surface area (Å²) < 4.78 is 5.71. The van der Waals surface area contributed by atoms with Crippen LogP contribution in [-0.4, -0.2) is 37.0 Å². The highest BCUT2D eigenvalue weighted by molar-refractivity contribution is 5.94. The number of nitrogens with two attached hydrogens (primary N) is 1. The molecule has 0 fully saturated rings. The third-order valence-corrected chi connectivity index (χ3v) is 2.92. The molecular weight excluding hydrogens is 238 g/mol. The van der Waals surface area contributed by atoms with Crippen molar-refractivity contribution in [3.63, 3.8) is 0 Å². The topological polar surface area (TPSA) is 62.3 Å². The Bertz CT molecular complexity index is 369. The van der Waals surface area contributed by atoms with Gasteiger partial charge < -0.3 is 10.5 Å². The molecule has 1 rings (SSSR count). The molecule has 0 heterocycles. The van der Waals surface area contributed by atoms with Crippen molar-refractivity contribution in [2.45, 2.75) is 26.7 Å². The van der Waals surface area contributed by atoms with E-state index in [9.17, 15) is 0 Å². The Hall–Kier alpha value is -1.55. The predicted molar refractivity (Wildman–Crippen MR) is 80.0 cm³/mol. The number of ether oxygens (including phenoxy) is 1. The number of nitrogens with one attached hydrogen (secondary N) is 1. The van der Waals surface area contributed by atoms with Gasteiger partial charge >= 0.3 is 0 Å². The fourth-order valence-corrected chi connectivity index (χ4v) is 1.99. The van der Waals surface area contributed by atoms with Crippen LogP contribution in [-0.2, 0) is 0 Å². The van der Waals surface area contributed by atoms with Gasteiger partial charge in [0, 0.05) is 12.1 Å². The van der Waals surface area contributed by atoms with E-state index < -0.39 is 0 Å². The Morgan fingerprint density at radius 3 is 2.16 bits per heavy atom. The molecule has 0 aliphatic heterocycles. The highest BCUT2D eigenvalue weighted by atomic mass is 16.5. The van der Waals surface area contributed by atoms with E-state index in [1.165, 1.54) is 12.8 Å². The molecule has 4 heteroatoms. The van der Waals surface area contributed by atoms with Crippen LogP contribution >= 0.6 is 0 Å². The summed E-state index contributed by atoms with van der Waals surface area (Å²) >= 11 is 0. The molecule has 0 aromatic heterocycles. The van der Waals surface area contributed by atoms with Gasteiger partial charge in [0.2, 0.25) is 0 Å². The number of amidine groups is 1. The lowest BCUT2D eigenvalue weighted by Gasteiger charge is -2.20. The molecule has 4 nitrogen and oxygen atoms in total. The lowest BCUT2D eigenvalue weighted by Crippen LogP contribution is -2.30. The van der Waals surface area contributed by atoms with Gasteiger partial charge in [-0.25, -0.2) is 0 Å². The first kappa shape index (κ1) is 15.5. The maximum Gasteiger partial charge on any atom is 0.122 e. The Labute approximate surface area is 116 Å². The van der Waals surface area contributed by atoms with Crippen molar-refractivity contribution >= 4 is 5.84 Å². The zero-order valence-electron chi connectivity index (χ0n) is 12.0. The van der Waals surface area contributed by atoms with Crippen molar-refractivity contribution in [1.82, 2.24) is 4.90 Å². The van der Waals surface area contributed by atoms with Crippen LogP contribution in [0.15, 0.2) is 24.3 Å². The normalized spacial score (nSPS) is 10.7. The van der Waals surface area contributed by atoms with Crippen molar-refractivity contribution in [2.75, 3.05) is 26.2 Å². The van der Waals surface area contributed by atoms with E-state index in [0.717, 1.165) is 30.9 Å². The summed E-state index contributed by atoms with van der Waals surface area (Å²) in [4.78, 5) is 2.42. The minimum Gasteiger partial charge on any atom is -0.492 e. The minimum absolute atomic E-state index is 0.0867. The van der Waals surface area contributed by atoms with Crippen LogP contribution in [0.4, 0.5) is 0 Å². The van der Waals surface area contributed by atoms with E-state index in [-0.39, 0.29) is 5.84 Å². The summed E-state index contributed by atoms with van der Waals surface area (Å²) in [7, 11) is 0. The van der Waals surface area contributed by atoms with Crippen molar-refractivity contribution in [1.29, 1.82) is 5.41 Å². The molecule has 0 unspecified atom stereocenters. The summed E-state index contributed by atoms with van der Waals surface area (Å²) in [6, 6.07) is 7.35. The molecule has 106 valence electrons. The van der Waals surface area contributed by atoms with E-state index in [0.29, 0.717) is 6.61 Å². The average Bonchev–Trinajstić information content (AvgIpc) is 2.40. The Morgan fingerprint density at radius 2 is 1.68 bits per heavy atom. The van der Waals surface area contributed by atoms with Crippen LogP contribution in [0.1, 0.15) is 32.3 Å². The van der Waals surface area contributed by atoms with E-state index >= 15 is 0 Å². The molecule has 0 atom stereocenters. The van der Waals surface area contributed by atoms with Crippen LogP contribution < -0.4 is 10.5 Å². The number of benzene rings is 1. The van der Waals surface area contributed by atoms with Gasteiger partial charge in [-0.3, -0.25) is 10.3 Å². The molecule has 0 aliphatic carbocycles. The van der Waals surface area contributed by atoms with Crippen molar-refractivity contribution in [2.24, 2.45) is 5.73 Å². The summed E-state index contributed by atoms with van der Waals surface area (Å²) in [5, 5.41) is 7.32. The maximum atomic E-state index is 7.32. The predicted octanol–water partition coefficient (Wildman–Crippen LogP) is 2.47. The number of hydrogen-bond donors (Lipinski definition) is 2. The first-order valence-electron chi connectivity index (χ1n) is 6.97. The quantitative estimate of drug-likeness (QED) is 0.531. The average molecular weight is 263 g/mol. The summed E-state index contributed by atoms with van der Waals surface area (Å²) in [6.45, 7) is 8.30. The fraction of sp³-hybridized carbons (Fsp3) is 0.533. The SMILES string of the molecule is CCCN(CCC)CCOc1ccc(C(=N)N)cc1. The number of rotatable bonds is 9. The van der Waals surface area contributed by atoms with Crippen LogP contribution in [0.5, 0.6) is 5.75 Å². The first-order chi connectivity index (χ1) is 9.17. The van der Waals surface area contributed by atoms with Crippen LogP contribution in [0.3, 0.4) is 0 Å². The molecule has 19 heavy (non-hydrogen) atoms. The standard InChI is InChI=1S/C15H25N3O/c1-3-9-18(10-4-2)11-12-19-14-7-5-13(6-8-14)15(16)17/h5-8H,3-4,9-12H2,1-2H3,(H3,16,17). The Morgan fingerprint density at radius 1 is 1.11 bits per heavy atom. The summed E-state index contributed by atoms with van der Waals surface area (Å²) in [5.41, 5.74) is 6.13. The largest absolute Gasteiger partial charge is 0.492 e. The molecule has 1 aromatic rings. The van der Waals surface area contributed by atoms with Crippen molar-refractivity contribution in [3.05, 3.63) is 29.8 Å². The van der Waals surface area contributed by atoms with Gasteiger partial charge in [0.1, 0.15) is 18.2 Å². The van der Waals surface area contributed by atoms with Crippen LogP contribution in [0.25, 0.3) is 0 Å². The van der Waals surface area contributed by atoms with E-state index in [1.54, 1.807) is 0 Å². The summed E-state index contributed by atoms with van der Waals surface area (Å²) in [6.07, 6.45) is 2.35. The first-order valence-corrected chi connectivity index (χ1v) is 6.97. The van der Waals surface area contributed by atoms with E-state index in [2.05, 4.69) is 18.7 Å². The zero-order chi connectivity index (χ0) is 14.1. The second-order valence-corrected chi connectivity index (χ2v) is 4.63. The molecule has 0 amide bonds. The lowest BCUT2D eigenvalue weighted by molar-refractivity contribution is 0.209. The van der Waals surface area contributed by atoms with Gasteiger partial charge in [0.15, 0.2) is 0 Å². The monoisotopic (exact) mass is 263 g/mol. The number of hydrogen-bond acceptors (Lipinski definition) is 3. The van der Waals surface area contributed by atoms with Crippen LogP contribution in [0.2, 0.25) is 0 Å². The minimum atomic E-state index is 0.0867. The maximum absolute atomic E-state index is 7.32. The summed E-state index contributed by atoms with van der Waals surface area (Å²) in [5.74, 6) is 0.918. The third kappa shape index (κ3) is 5.75. The van der Waals surface area contributed by atoms with Crippen molar-refractivity contribution in [3.8, 4) is 5.75 Å². The van der Waals surface area contributed by atoms with Gasteiger partial charge in [0.25, 0.3) is 0 Å². The van der Waals surface area contributed by atoms with Gasteiger partial charge in [0.05, 0.1) is 0 Å². The van der Waals surface area contributed by atoms with Gasteiger partial charge in [-0.05, 0) is 50.2 Å². The number of nitrogen functional groups attached to an aromatic ring is 1. The Balaban J connectivity index is 2.37.